The van der Waals surface area contributed by atoms with E-state index in [1.807, 2.05) is 31.2 Å². The van der Waals surface area contributed by atoms with Crippen LogP contribution in [0.4, 0.5) is 5.69 Å². The molecule has 0 bridgehead atoms. The molecule has 0 spiro atoms. The number of carbonyl (C=O) groups is 1. The highest BCUT2D eigenvalue weighted by Crippen LogP contribution is 2.21. The molecule has 0 aliphatic rings. The van der Waals surface area contributed by atoms with Gasteiger partial charge in [0, 0.05) is 16.4 Å². The summed E-state index contributed by atoms with van der Waals surface area (Å²) in [5.74, 6) is -0.891. The standard InChI is InChI=1S/C15H15ClN2O2/c1-11-4-2-6-13(17-11)9-18(10-15(19)20)14-7-3-5-12(16)8-14/h2-8H,9-10H2,1H3,(H,19,20). The number of pyridine rings is 1. The summed E-state index contributed by atoms with van der Waals surface area (Å²) < 4.78 is 0. The maximum absolute atomic E-state index is 11.0. The van der Waals surface area contributed by atoms with Crippen molar-refractivity contribution in [2.45, 2.75) is 13.5 Å². The molecule has 0 saturated heterocycles. The third-order valence-corrected chi connectivity index (χ3v) is 3.03. The molecule has 1 heterocycles. The van der Waals surface area contributed by atoms with Crippen molar-refractivity contribution in [2.75, 3.05) is 11.4 Å². The molecular formula is C15H15ClN2O2. The zero-order valence-corrected chi connectivity index (χ0v) is 11.8. The molecule has 4 nitrogen and oxygen atoms in total. The van der Waals surface area contributed by atoms with Crippen molar-refractivity contribution in [3.05, 3.63) is 58.9 Å². The first-order chi connectivity index (χ1) is 9.54. The summed E-state index contributed by atoms with van der Waals surface area (Å²) in [5.41, 5.74) is 2.50. The molecule has 1 N–H and O–H groups in total. The first kappa shape index (κ1) is 14.3. The second kappa shape index (κ2) is 6.39. The summed E-state index contributed by atoms with van der Waals surface area (Å²) in [6.45, 7) is 2.23. The van der Waals surface area contributed by atoms with Crippen molar-refractivity contribution in [3.8, 4) is 0 Å². The summed E-state index contributed by atoms with van der Waals surface area (Å²) in [4.78, 5) is 17.2. The number of aromatic nitrogens is 1. The van der Waals surface area contributed by atoms with E-state index in [1.54, 1.807) is 23.1 Å². The number of halogens is 1. The quantitative estimate of drug-likeness (QED) is 0.919. The first-order valence-electron chi connectivity index (χ1n) is 6.19. The molecule has 1 aromatic heterocycles. The highest BCUT2D eigenvalue weighted by molar-refractivity contribution is 6.30. The number of hydrogen-bond acceptors (Lipinski definition) is 3. The number of nitrogens with zero attached hydrogens (tertiary/aromatic N) is 2. The zero-order valence-electron chi connectivity index (χ0n) is 11.1. The van der Waals surface area contributed by atoms with Crippen LogP contribution in [0.25, 0.3) is 0 Å². The van der Waals surface area contributed by atoms with Gasteiger partial charge in [0.2, 0.25) is 0 Å². The molecule has 1 aromatic carbocycles. The lowest BCUT2D eigenvalue weighted by Crippen LogP contribution is -2.29. The molecule has 0 atom stereocenters. The molecule has 0 saturated carbocycles. The topological polar surface area (TPSA) is 53.4 Å². The number of carboxylic acids is 1. The number of benzene rings is 1. The predicted octanol–water partition coefficient (Wildman–Crippen LogP) is 3.13. The highest BCUT2D eigenvalue weighted by Gasteiger charge is 2.12. The Kier molecular flexibility index (Phi) is 4.58. The molecule has 0 amide bonds. The summed E-state index contributed by atoms with van der Waals surface area (Å²) in [5, 5.41) is 9.63. The van der Waals surface area contributed by atoms with Crippen molar-refractivity contribution < 1.29 is 9.90 Å². The summed E-state index contributed by atoms with van der Waals surface area (Å²) in [7, 11) is 0. The third-order valence-electron chi connectivity index (χ3n) is 2.80. The number of rotatable bonds is 5. The van der Waals surface area contributed by atoms with Gasteiger partial charge in [0.1, 0.15) is 6.54 Å². The van der Waals surface area contributed by atoms with E-state index in [4.69, 9.17) is 16.7 Å². The molecule has 2 rings (SSSR count). The van der Waals surface area contributed by atoms with Crippen molar-refractivity contribution >= 4 is 23.3 Å². The SMILES string of the molecule is Cc1cccc(CN(CC(=O)O)c2cccc(Cl)c2)n1. The summed E-state index contributed by atoms with van der Waals surface area (Å²) in [6, 6.07) is 12.8. The number of carboxylic acid groups (broad SMARTS) is 1. The number of aliphatic carboxylic acids is 1. The monoisotopic (exact) mass is 290 g/mol. The summed E-state index contributed by atoms with van der Waals surface area (Å²) in [6.07, 6.45) is 0. The van der Waals surface area contributed by atoms with E-state index in [2.05, 4.69) is 4.98 Å². The minimum Gasteiger partial charge on any atom is -0.480 e. The van der Waals surface area contributed by atoms with Crippen LogP contribution in [0.5, 0.6) is 0 Å². The fourth-order valence-corrected chi connectivity index (χ4v) is 2.14. The third kappa shape index (κ3) is 3.96. The van der Waals surface area contributed by atoms with Crippen LogP contribution in [0.2, 0.25) is 5.02 Å². The van der Waals surface area contributed by atoms with Crippen LogP contribution in [-0.4, -0.2) is 22.6 Å². The molecule has 20 heavy (non-hydrogen) atoms. The van der Waals surface area contributed by atoms with E-state index in [-0.39, 0.29) is 6.54 Å². The van der Waals surface area contributed by atoms with Crippen LogP contribution in [0.1, 0.15) is 11.4 Å². The molecule has 0 fully saturated rings. The average molecular weight is 291 g/mol. The molecule has 0 aliphatic heterocycles. The van der Waals surface area contributed by atoms with Crippen LogP contribution in [0.15, 0.2) is 42.5 Å². The van der Waals surface area contributed by atoms with E-state index in [0.717, 1.165) is 17.1 Å². The van der Waals surface area contributed by atoms with Gasteiger partial charge in [0.25, 0.3) is 0 Å². The fraction of sp³-hybridized carbons (Fsp3) is 0.200. The van der Waals surface area contributed by atoms with Gasteiger partial charge in [0.05, 0.1) is 12.2 Å². The van der Waals surface area contributed by atoms with Gasteiger partial charge in [-0.2, -0.15) is 0 Å². The minimum absolute atomic E-state index is 0.101. The Hall–Kier alpha value is -2.07. The molecule has 0 aliphatic carbocycles. The lowest BCUT2D eigenvalue weighted by molar-refractivity contribution is -0.135. The Balaban J connectivity index is 2.26. The first-order valence-corrected chi connectivity index (χ1v) is 6.57. The lowest BCUT2D eigenvalue weighted by atomic mass is 10.2. The van der Waals surface area contributed by atoms with Crippen LogP contribution >= 0.6 is 11.6 Å². The van der Waals surface area contributed by atoms with Crippen molar-refractivity contribution in [3.63, 3.8) is 0 Å². The van der Waals surface area contributed by atoms with Crippen LogP contribution in [0, 0.1) is 6.92 Å². The number of hydrogen-bond donors (Lipinski definition) is 1. The summed E-state index contributed by atoms with van der Waals surface area (Å²) >= 11 is 5.96. The maximum atomic E-state index is 11.0. The Bertz CT molecular complexity index is 616. The van der Waals surface area contributed by atoms with E-state index in [9.17, 15) is 4.79 Å². The van der Waals surface area contributed by atoms with E-state index in [0.29, 0.717) is 11.6 Å². The van der Waals surface area contributed by atoms with Crippen LogP contribution in [0.3, 0.4) is 0 Å². The smallest absolute Gasteiger partial charge is 0.323 e. The van der Waals surface area contributed by atoms with E-state index >= 15 is 0 Å². The van der Waals surface area contributed by atoms with Gasteiger partial charge < -0.3 is 10.0 Å². The lowest BCUT2D eigenvalue weighted by Gasteiger charge is -2.22. The van der Waals surface area contributed by atoms with Crippen LogP contribution in [-0.2, 0) is 11.3 Å². The van der Waals surface area contributed by atoms with E-state index < -0.39 is 5.97 Å². The average Bonchev–Trinajstić information content (AvgIpc) is 2.37. The van der Waals surface area contributed by atoms with Gasteiger partial charge in [0.15, 0.2) is 0 Å². The molecule has 2 aromatic rings. The van der Waals surface area contributed by atoms with Crippen molar-refractivity contribution in [2.24, 2.45) is 0 Å². The largest absolute Gasteiger partial charge is 0.480 e. The zero-order chi connectivity index (χ0) is 14.5. The normalized spacial score (nSPS) is 10.3. The van der Waals surface area contributed by atoms with Gasteiger partial charge in [-0.15, -0.1) is 0 Å². The van der Waals surface area contributed by atoms with Crippen molar-refractivity contribution in [1.29, 1.82) is 0 Å². The van der Waals surface area contributed by atoms with Crippen molar-refractivity contribution in [1.82, 2.24) is 4.98 Å². The molecule has 0 unspecified atom stereocenters. The Morgan fingerprint density at radius 3 is 2.70 bits per heavy atom. The number of anilines is 1. The Morgan fingerprint density at radius 1 is 1.30 bits per heavy atom. The van der Waals surface area contributed by atoms with E-state index in [1.165, 1.54) is 0 Å². The fourth-order valence-electron chi connectivity index (χ4n) is 1.96. The second-order valence-corrected chi connectivity index (χ2v) is 4.94. The molecular weight excluding hydrogens is 276 g/mol. The van der Waals surface area contributed by atoms with Gasteiger partial charge in [-0.3, -0.25) is 9.78 Å². The molecule has 0 radical (unpaired) electrons. The Morgan fingerprint density at radius 2 is 2.05 bits per heavy atom. The van der Waals surface area contributed by atoms with Crippen LogP contribution < -0.4 is 4.90 Å². The Labute approximate surface area is 122 Å². The van der Waals surface area contributed by atoms with Gasteiger partial charge in [-0.1, -0.05) is 23.7 Å². The van der Waals surface area contributed by atoms with Gasteiger partial charge in [-0.25, -0.2) is 0 Å². The molecule has 104 valence electrons. The minimum atomic E-state index is -0.891. The maximum Gasteiger partial charge on any atom is 0.323 e. The second-order valence-electron chi connectivity index (χ2n) is 4.50. The number of aryl methyl sites for hydroxylation is 1. The van der Waals surface area contributed by atoms with Gasteiger partial charge >= 0.3 is 5.97 Å². The molecule has 5 heteroatoms. The highest BCUT2D eigenvalue weighted by atomic mass is 35.5. The van der Waals surface area contributed by atoms with Gasteiger partial charge in [-0.05, 0) is 37.3 Å². The predicted molar refractivity (Wildman–Crippen MR) is 79.1 cm³/mol.